The number of benzene rings is 1. The van der Waals surface area contributed by atoms with E-state index in [0.29, 0.717) is 0 Å². The molecule has 2 aromatic rings. The number of pyridine rings is 1. The highest BCUT2D eigenvalue weighted by Crippen LogP contribution is 2.14. The summed E-state index contributed by atoms with van der Waals surface area (Å²) in [6, 6.07) is 8.36. The molecule has 2 N–H and O–H groups in total. The average molecular weight is 383 g/mol. The Morgan fingerprint density at radius 1 is 1.04 bits per heavy atom. The normalized spacial score (nSPS) is 11.2. The molecule has 0 aliphatic rings. The molecule has 132 valence electrons. The van der Waals surface area contributed by atoms with Crippen molar-refractivity contribution in [3.8, 4) is 0 Å². The molecule has 0 saturated heterocycles. The lowest BCUT2D eigenvalue weighted by Gasteiger charge is -2.12. The van der Waals surface area contributed by atoms with Crippen molar-refractivity contribution in [2.75, 3.05) is 14.1 Å². The predicted octanol–water partition coefficient (Wildman–Crippen LogP) is 1.06. The van der Waals surface area contributed by atoms with Gasteiger partial charge in [0, 0.05) is 25.9 Å². The quantitative estimate of drug-likeness (QED) is 0.607. The van der Waals surface area contributed by atoms with Crippen molar-refractivity contribution < 1.29 is 18.0 Å². The van der Waals surface area contributed by atoms with E-state index in [1.807, 2.05) is 0 Å². The van der Waals surface area contributed by atoms with Crippen molar-refractivity contribution in [1.82, 2.24) is 20.1 Å². The Labute approximate surface area is 149 Å². The number of hydrazine groups is 1. The van der Waals surface area contributed by atoms with Crippen molar-refractivity contribution in [1.29, 1.82) is 0 Å². The summed E-state index contributed by atoms with van der Waals surface area (Å²) in [7, 11) is -0.883. The molecule has 0 unspecified atom stereocenters. The number of hydrogen-bond donors (Lipinski definition) is 2. The number of nitrogens with one attached hydrogen (secondary N) is 2. The van der Waals surface area contributed by atoms with Crippen molar-refractivity contribution in [3.63, 3.8) is 0 Å². The molecule has 0 saturated carbocycles. The molecule has 8 nitrogen and oxygen atoms in total. The molecular formula is C15H15ClN4O4S. The topological polar surface area (TPSA) is 108 Å². The highest BCUT2D eigenvalue weighted by atomic mass is 35.5. The Hall–Kier alpha value is -2.49. The first-order chi connectivity index (χ1) is 11.7. The van der Waals surface area contributed by atoms with Gasteiger partial charge in [-0.25, -0.2) is 17.7 Å². The maximum absolute atomic E-state index is 12.1. The number of nitrogens with zero attached hydrogens (tertiary/aromatic N) is 2. The van der Waals surface area contributed by atoms with Gasteiger partial charge in [-0.05, 0) is 30.3 Å². The summed E-state index contributed by atoms with van der Waals surface area (Å²) in [5.74, 6) is -1.25. The molecule has 2 rings (SSSR count). The van der Waals surface area contributed by atoms with Crippen LogP contribution in [0.15, 0.2) is 47.5 Å². The van der Waals surface area contributed by atoms with Crippen LogP contribution in [-0.4, -0.2) is 43.6 Å². The standard InChI is InChI=1S/C15H15ClN4O4S/c1-20(2)25(23,24)12-5-3-4-10(8-12)14(21)18-19-15(22)11-6-7-13(16)17-9-11/h3-9H,1-2H3,(H,18,21)(H,19,22). The van der Waals surface area contributed by atoms with Gasteiger partial charge in [0.25, 0.3) is 11.8 Å². The molecular weight excluding hydrogens is 368 g/mol. The third-order valence-corrected chi connectivity index (χ3v) is 5.19. The van der Waals surface area contributed by atoms with E-state index in [4.69, 9.17) is 11.6 Å². The lowest BCUT2D eigenvalue weighted by atomic mass is 10.2. The van der Waals surface area contributed by atoms with Gasteiger partial charge in [0.15, 0.2) is 0 Å². The molecule has 0 atom stereocenters. The van der Waals surface area contributed by atoms with Gasteiger partial charge in [0.2, 0.25) is 10.0 Å². The van der Waals surface area contributed by atoms with Crippen LogP contribution in [-0.2, 0) is 10.0 Å². The van der Waals surface area contributed by atoms with Gasteiger partial charge in [0.05, 0.1) is 10.5 Å². The minimum absolute atomic E-state index is 0.0293. The summed E-state index contributed by atoms with van der Waals surface area (Å²) in [6.45, 7) is 0. The largest absolute Gasteiger partial charge is 0.271 e. The molecule has 1 heterocycles. The van der Waals surface area contributed by atoms with Gasteiger partial charge in [-0.2, -0.15) is 0 Å². The summed E-state index contributed by atoms with van der Waals surface area (Å²) >= 11 is 5.63. The molecule has 0 aliphatic carbocycles. The van der Waals surface area contributed by atoms with Crippen molar-refractivity contribution in [2.45, 2.75) is 4.90 Å². The van der Waals surface area contributed by atoms with Gasteiger partial charge in [-0.1, -0.05) is 17.7 Å². The summed E-state index contributed by atoms with van der Waals surface area (Å²) < 4.78 is 25.2. The Morgan fingerprint density at radius 3 is 2.24 bits per heavy atom. The second-order valence-corrected chi connectivity index (χ2v) is 7.63. The minimum Gasteiger partial charge on any atom is -0.267 e. The summed E-state index contributed by atoms with van der Waals surface area (Å²) in [4.78, 5) is 27.7. The number of carbonyl (C=O) groups is 2. The van der Waals surface area contributed by atoms with Gasteiger partial charge < -0.3 is 0 Å². The van der Waals surface area contributed by atoms with Crippen molar-refractivity contribution in [3.05, 3.63) is 58.9 Å². The zero-order valence-electron chi connectivity index (χ0n) is 13.4. The minimum atomic E-state index is -3.67. The zero-order valence-corrected chi connectivity index (χ0v) is 14.9. The summed E-state index contributed by atoms with van der Waals surface area (Å²) in [5.41, 5.74) is 4.71. The van der Waals surface area contributed by atoms with Crippen molar-refractivity contribution >= 4 is 33.4 Å². The van der Waals surface area contributed by atoms with Gasteiger partial charge in [-0.3, -0.25) is 20.4 Å². The molecule has 0 spiro atoms. The Kier molecular flexibility index (Phi) is 5.73. The second-order valence-electron chi connectivity index (χ2n) is 5.09. The maximum atomic E-state index is 12.1. The van der Waals surface area contributed by atoms with Crippen LogP contribution in [0.25, 0.3) is 0 Å². The number of sulfonamides is 1. The van der Waals surface area contributed by atoms with Crippen LogP contribution in [0.1, 0.15) is 20.7 Å². The first-order valence-electron chi connectivity index (χ1n) is 6.96. The smallest absolute Gasteiger partial charge is 0.267 e. The van der Waals surface area contributed by atoms with E-state index < -0.39 is 21.8 Å². The molecule has 0 aliphatic heterocycles. The molecule has 0 fully saturated rings. The maximum Gasteiger partial charge on any atom is 0.271 e. The fraction of sp³-hybridized carbons (Fsp3) is 0.133. The van der Waals surface area contributed by atoms with E-state index in [1.54, 1.807) is 0 Å². The fourth-order valence-corrected chi connectivity index (χ4v) is 2.84. The third-order valence-electron chi connectivity index (χ3n) is 3.15. The van der Waals surface area contributed by atoms with Crippen LogP contribution in [0, 0.1) is 0 Å². The number of halogens is 1. The summed E-state index contributed by atoms with van der Waals surface area (Å²) in [5, 5.41) is 0.236. The Bertz CT molecular complexity index is 898. The monoisotopic (exact) mass is 382 g/mol. The van der Waals surface area contributed by atoms with Crippen LogP contribution in [0.3, 0.4) is 0 Å². The van der Waals surface area contributed by atoms with E-state index in [0.717, 1.165) is 4.31 Å². The van der Waals surface area contributed by atoms with E-state index in [-0.39, 0.29) is 21.2 Å². The first kappa shape index (κ1) is 18.8. The Morgan fingerprint density at radius 2 is 1.68 bits per heavy atom. The highest BCUT2D eigenvalue weighted by molar-refractivity contribution is 7.89. The zero-order chi connectivity index (χ0) is 18.6. The Balaban J connectivity index is 2.09. The summed E-state index contributed by atoms with van der Waals surface area (Å²) in [6.07, 6.45) is 1.26. The fourth-order valence-electron chi connectivity index (χ4n) is 1.78. The molecule has 1 aromatic carbocycles. The molecule has 25 heavy (non-hydrogen) atoms. The predicted molar refractivity (Wildman–Crippen MR) is 91.5 cm³/mol. The van der Waals surface area contributed by atoms with Crippen LogP contribution in [0.2, 0.25) is 5.15 Å². The molecule has 10 heteroatoms. The van der Waals surface area contributed by atoms with Crippen LogP contribution >= 0.6 is 11.6 Å². The van der Waals surface area contributed by atoms with Crippen molar-refractivity contribution in [2.24, 2.45) is 0 Å². The lowest BCUT2D eigenvalue weighted by molar-refractivity contribution is 0.0846. The van der Waals surface area contributed by atoms with E-state index in [9.17, 15) is 18.0 Å². The number of amides is 2. The molecule has 1 aromatic heterocycles. The number of rotatable bonds is 4. The highest BCUT2D eigenvalue weighted by Gasteiger charge is 2.19. The molecule has 0 bridgehead atoms. The van der Waals surface area contributed by atoms with E-state index in [2.05, 4.69) is 15.8 Å². The van der Waals surface area contributed by atoms with Crippen LogP contribution in [0.5, 0.6) is 0 Å². The number of aromatic nitrogens is 1. The van der Waals surface area contributed by atoms with E-state index in [1.165, 1.54) is 56.7 Å². The number of hydrogen-bond acceptors (Lipinski definition) is 5. The van der Waals surface area contributed by atoms with Gasteiger partial charge >= 0.3 is 0 Å². The van der Waals surface area contributed by atoms with Crippen LogP contribution in [0.4, 0.5) is 0 Å². The van der Waals surface area contributed by atoms with E-state index >= 15 is 0 Å². The van der Waals surface area contributed by atoms with Gasteiger partial charge in [-0.15, -0.1) is 0 Å². The number of carbonyl (C=O) groups excluding carboxylic acids is 2. The van der Waals surface area contributed by atoms with Crippen LogP contribution < -0.4 is 10.9 Å². The molecule has 2 amide bonds. The SMILES string of the molecule is CN(C)S(=O)(=O)c1cccc(C(=O)NNC(=O)c2ccc(Cl)nc2)c1. The third kappa shape index (κ3) is 4.53. The molecule has 0 radical (unpaired) electrons. The average Bonchev–Trinajstić information content (AvgIpc) is 2.60. The van der Waals surface area contributed by atoms with Gasteiger partial charge in [0.1, 0.15) is 5.15 Å². The lowest BCUT2D eigenvalue weighted by Crippen LogP contribution is -2.41. The first-order valence-corrected chi connectivity index (χ1v) is 8.78. The second kappa shape index (κ2) is 7.60.